The maximum atomic E-state index is 3.55. The lowest BCUT2D eigenvalue weighted by Crippen LogP contribution is -2.12. The zero-order chi connectivity index (χ0) is 7.84. The van der Waals surface area contributed by atoms with E-state index in [1.807, 2.05) is 0 Å². The lowest BCUT2D eigenvalue weighted by molar-refractivity contribution is 0.955. The van der Waals surface area contributed by atoms with E-state index in [9.17, 15) is 0 Å². The molecule has 0 aromatic heterocycles. The van der Waals surface area contributed by atoms with Crippen LogP contribution in [-0.4, -0.2) is 13.6 Å². The average molecular weight is 212 g/mol. The summed E-state index contributed by atoms with van der Waals surface area (Å²) in [6, 6.07) is 6.37. The van der Waals surface area contributed by atoms with E-state index < -0.39 is 0 Å². The molecule has 0 amide bonds. The van der Waals surface area contributed by atoms with Crippen molar-refractivity contribution in [1.29, 1.82) is 0 Å². The van der Waals surface area contributed by atoms with Crippen molar-refractivity contribution >= 4 is 21.6 Å². The van der Waals surface area contributed by atoms with Crippen molar-refractivity contribution in [3.8, 4) is 0 Å². The summed E-state index contributed by atoms with van der Waals surface area (Å²) >= 11 is 3.55. The molecular weight excluding hydrogens is 202 g/mol. The van der Waals surface area contributed by atoms with Gasteiger partial charge >= 0.3 is 0 Å². The van der Waals surface area contributed by atoms with Crippen molar-refractivity contribution in [2.45, 2.75) is 6.42 Å². The monoisotopic (exact) mass is 211 g/mol. The first-order valence-corrected chi connectivity index (χ1v) is 4.57. The van der Waals surface area contributed by atoms with Crippen LogP contribution in [-0.2, 0) is 6.42 Å². The molecule has 1 nitrogen and oxygen atoms in total. The molecule has 1 heterocycles. The van der Waals surface area contributed by atoms with Crippen molar-refractivity contribution in [2.75, 3.05) is 18.5 Å². The average Bonchev–Trinajstić information content (AvgIpc) is 2.35. The number of rotatable bonds is 0. The normalized spacial score (nSPS) is 15.3. The molecule has 2 heteroatoms. The third kappa shape index (κ3) is 1.06. The molecule has 2 rings (SSSR count). The highest BCUT2D eigenvalue weighted by Gasteiger charge is 2.16. The molecule has 0 spiro atoms. The number of likely N-dealkylation sites (N-methyl/N-ethyl adjacent to an activating group) is 1. The number of halogens is 1. The number of hydrogen-bond donors (Lipinski definition) is 0. The van der Waals surface area contributed by atoms with E-state index in [2.05, 4.69) is 46.1 Å². The molecule has 0 fully saturated rings. The summed E-state index contributed by atoms with van der Waals surface area (Å²) in [6.45, 7) is 1.15. The lowest BCUT2D eigenvalue weighted by Gasteiger charge is -2.11. The van der Waals surface area contributed by atoms with Crippen LogP contribution in [0.4, 0.5) is 5.69 Å². The Labute approximate surface area is 75.1 Å². The summed E-state index contributed by atoms with van der Waals surface area (Å²) in [4.78, 5) is 2.29. The highest BCUT2D eigenvalue weighted by atomic mass is 79.9. The second kappa shape index (κ2) is 2.52. The van der Waals surface area contributed by atoms with Gasteiger partial charge in [-0.25, -0.2) is 0 Å². The molecule has 1 aliphatic rings. The minimum absolute atomic E-state index is 1.15. The predicted molar refractivity (Wildman–Crippen MR) is 51.1 cm³/mol. The van der Waals surface area contributed by atoms with E-state index in [0.717, 1.165) is 6.54 Å². The summed E-state index contributed by atoms with van der Waals surface area (Å²) in [6.07, 6.45) is 1.17. The van der Waals surface area contributed by atoms with Gasteiger partial charge in [0.2, 0.25) is 0 Å². The topological polar surface area (TPSA) is 3.24 Å². The van der Waals surface area contributed by atoms with Gasteiger partial charge in [0.05, 0.1) is 0 Å². The third-order valence-electron chi connectivity index (χ3n) is 2.20. The van der Waals surface area contributed by atoms with Crippen molar-refractivity contribution in [3.63, 3.8) is 0 Å². The molecule has 1 aromatic rings. The van der Waals surface area contributed by atoms with Gasteiger partial charge in [0.1, 0.15) is 0 Å². The van der Waals surface area contributed by atoms with E-state index in [-0.39, 0.29) is 0 Å². The first kappa shape index (κ1) is 7.17. The Bertz CT molecular complexity index is 283. The van der Waals surface area contributed by atoms with Crippen molar-refractivity contribution in [3.05, 3.63) is 28.2 Å². The van der Waals surface area contributed by atoms with Crippen LogP contribution in [0.2, 0.25) is 0 Å². The van der Waals surface area contributed by atoms with Gasteiger partial charge < -0.3 is 4.90 Å². The fourth-order valence-electron chi connectivity index (χ4n) is 1.55. The SMILES string of the molecule is CN1CCc2c(Br)cccc21. The quantitative estimate of drug-likeness (QED) is 0.638. The molecule has 0 aliphatic carbocycles. The minimum atomic E-state index is 1.15. The lowest BCUT2D eigenvalue weighted by atomic mass is 10.2. The van der Waals surface area contributed by atoms with Gasteiger partial charge in [0.15, 0.2) is 0 Å². The summed E-state index contributed by atoms with van der Waals surface area (Å²) in [5.74, 6) is 0. The van der Waals surface area contributed by atoms with E-state index in [4.69, 9.17) is 0 Å². The standard InChI is InChI=1S/C9H10BrN/c1-11-6-5-7-8(10)3-2-4-9(7)11/h2-4H,5-6H2,1H3. The highest BCUT2D eigenvalue weighted by Crippen LogP contribution is 2.32. The van der Waals surface area contributed by atoms with Crippen LogP contribution >= 0.6 is 15.9 Å². The van der Waals surface area contributed by atoms with Gasteiger partial charge in [0.25, 0.3) is 0 Å². The summed E-state index contributed by atoms with van der Waals surface area (Å²) in [7, 11) is 2.14. The first-order valence-electron chi connectivity index (χ1n) is 3.77. The third-order valence-corrected chi connectivity index (χ3v) is 2.95. The zero-order valence-electron chi connectivity index (χ0n) is 6.47. The second-order valence-electron chi connectivity index (χ2n) is 2.91. The Morgan fingerprint density at radius 2 is 2.27 bits per heavy atom. The van der Waals surface area contributed by atoms with E-state index in [1.165, 1.54) is 22.1 Å². The molecular formula is C9H10BrN. The van der Waals surface area contributed by atoms with Gasteiger partial charge in [-0.2, -0.15) is 0 Å². The van der Waals surface area contributed by atoms with Gasteiger partial charge in [-0.1, -0.05) is 22.0 Å². The molecule has 0 bridgehead atoms. The Kier molecular flexibility index (Phi) is 1.64. The molecule has 58 valence electrons. The number of nitrogens with zero attached hydrogens (tertiary/aromatic N) is 1. The van der Waals surface area contributed by atoms with Gasteiger partial charge in [-0.15, -0.1) is 0 Å². The van der Waals surface area contributed by atoms with Crippen LogP contribution < -0.4 is 4.90 Å². The van der Waals surface area contributed by atoms with E-state index in [0.29, 0.717) is 0 Å². The molecule has 0 saturated heterocycles. The van der Waals surface area contributed by atoms with Crippen LogP contribution in [0, 0.1) is 0 Å². The molecule has 1 aromatic carbocycles. The van der Waals surface area contributed by atoms with Gasteiger partial charge in [-0.3, -0.25) is 0 Å². The van der Waals surface area contributed by atoms with Gasteiger partial charge in [-0.05, 0) is 24.1 Å². The Morgan fingerprint density at radius 1 is 1.45 bits per heavy atom. The molecule has 0 unspecified atom stereocenters. The van der Waals surface area contributed by atoms with Gasteiger partial charge in [0, 0.05) is 23.8 Å². The fraction of sp³-hybridized carbons (Fsp3) is 0.333. The van der Waals surface area contributed by atoms with Crippen LogP contribution in [0.3, 0.4) is 0 Å². The number of hydrogen-bond acceptors (Lipinski definition) is 1. The molecule has 0 N–H and O–H groups in total. The molecule has 1 aliphatic heterocycles. The smallest absolute Gasteiger partial charge is 0.0408 e. The number of fused-ring (bicyclic) bond motifs is 1. The zero-order valence-corrected chi connectivity index (χ0v) is 8.06. The summed E-state index contributed by atoms with van der Waals surface area (Å²) in [5, 5.41) is 0. The van der Waals surface area contributed by atoms with Crippen LogP contribution in [0.15, 0.2) is 22.7 Å². The van der Waals surface area contributed by atoms with Crippen molar-refractivity contribution < 1.29 is 0 Å². The number of anilines is 1. The molecule has 0 saturated carbocycles. The maximum absolute atomic E-state index is 3.55. The summed E-state index contributed by atoms with van der Waals surface area (Å²) < 4.78 is 1.25. The molecule has 0 atom stereocenters. The first-order chi connectivity index (χ1) is 5.29. The maximum Gasteiger partial charge on any atom is 0.0408 e. The molecule has 0 radical (unpaired) electrons. The van der Waals surface area contributed by atoms with Crippen LogP contribution in [0.25, 0.3) is 0 Å². The minimum Gasteiger partial charge on any atom is -0.374 e. The largest absolute Gasteiger partial charge is 0.374 e. The highest BCUT2D eigenvalue weighted by molar-refractivity contribution is 9.10. The Hall–Kier alpha value is -0.500. The van der Waals surface area contributed by atoms with E-state index in [1.54, 1.807) is 0 Å². The van der Waals surface area contributed by atoms with Crippen LogP contribution in [0.1, 0.15) is 5.56 Å². The van der Waals surface area contributed by atoms with Crippen LogP contribution in [0.5, 0.6) is 0 Å². The molecule has 11 heavy (non-hydrogen) atoms. The van der Waals surface area contributed by atoms with Crippen molar-refractivity contribution in [1.82, 2.24) is 0 Å². The van der Waals surface area contributed by atoms with Crippen molar-refractivity contribution in [2.24, 2.45) is 0 Å². The Balaban J connectivity index is 2.57. The second-order valence-corrected chi connectivity index (χ2v) is 3.76. The fourth-order valence-corrected chi connectivity index (χ4v) is 2.11. The Morgan fingerprint density at radius 3 is 3.00 bits per heavy atom. The summed E-state index contributed by atoms with van der Waals surface area (Å²) in [5.41, 5.74) is 2.83. The van der Waals surface area contributed by atoms with E-state index >= 15 is 0 Å². The number of benzene rings is 1. The predicted octanol–water partition coefficient (Wildman–Crippen LogP) is 2.44.